The Balaban J connectivity index is 2.10. The van der Waals surface area contributed by atoms with Crippen LogP contribution < -0.4 is 0 Å². The SMILES string of the molecule is CCN(Cc1ccccn1)C(=O)c1ncn[nH]1. The molecule has 0 fully saturated rings. The Hall–Kier alpha value is -2.24. The van der Waals surface area contributed by atoms with Crippen molar-refractivity contribution in [3.8, 4) is 0 Å². The smallest absolute Gasteiger partial charge is 0.291 e. The topological polar surface area (TPSA) is 74.8 Å². The highest BCUT2D eigenvalue weighted by molar-refractivity contribution is 5.90. The summed E-state index contributed by atoms with van der Waals surface area (Å²) in [5.41, 5.74) is 0.849. The van der Waals surface area contributed by atoms with Crippen LogP contribution in [0.3, 0.4) is 0 Å². The highest BCUT2D eigenvalue weighted by Gasteiger charge is 2.17. The van der Waals surface area contributed by atoms with Gasteiger partial charge in [-0.25, -0.2) is 4.98 Å². The second kappa shape index (κ2) is 5.20. The van der Waals surface area contributed by atoms with E-state index in [1.54, 1.807) is 11.1 Å². The molecule has 0 aliphatic heterocycles. The lowest BCUT2D eigenvalue weighted by Gasteiger charge is -2.18. The van der Waals surface area contributed by atoms with Crippen molar-refractivity contribution in [3.05, 3.63) is 42.2 Å². The van der Waals surface area contributed by atoms with Crippen molar-refractivity contribution in [1.82, 2.24) is 25.1 Å². The van der Waals surface area contributed by atoms with E-state index in [4.69, 9.17) is 0 Å². The average molecular weight is 231 g/mol. The minimum atomic E-state index is -0.171. The van der Waals surface area contributed by atoms with Crippen molar-refractivity contribution in [2.45, 2.75) is 13.5 Å². The molecule has 2 aromatic heterocycles. The van der Waals surface area contributed by atoms with Gasteiger partial charge in [0.25, 0.3) is 5.91 Å². The fourth-order valence-electron chi connectivity index (χ4n) is 1.47. The van der Waals surface area contributed by atoms with Crippen molar-refractivity contribution in [3.63, 3.8) is 0 Å². The van der Waals surface area contributed by atoms with E-state index in [1.807, 2.05) is 25.1 Å². The molecule has 2 heterocycles. The molecule has 88 valence electrons. The Morgan fingerprint density at radius 1 is 1.41 bits per heavy atom. The predicted octanol–water partition coefficient (Wildman–Crippen LogP) is 0.862. The number of amides is 1. The summed E-state index contributed by atoms with van der Waals surface area (Å²) in [6.07, 6.45) is 3.03. The zero-order valence-corrected chi connectivity index (χ0v) is 9.50. The fourth-order valence-corrected chi connectivity index (χ4v) is 1.47. The first-order valence-corrected chi connectivity index (χ1v) is 5.35. The Morgan fingerprint density at radius 2 is 2.29 bits per heavy atom. The zero-order chi connectivity index (χ0) is 12.1. The van der Waals surface area contributed by atoms with Gasteiger partial charge in [0.05, 0.1) is 12.2 Å². The highest BCUT2D eigenvalue weighted by atomic mass is 16.2. The number of aromatic amines is 1. The number of carbonyl (C=O) groups is 1. The second-order valence-electron chi connectivity index (χ2n) is 3.47. The molecule has 6 nitrogen and oxygen atoms in total. The molecule has 0 aliphatic rings. The summed E-state index contributed by atoms with van der Waals surface area (Å²) in [7, 11) is 0. The first kappa shape index (κ1) is 11.3. The van der Waals surface area contributed by atoms with Crippen LogP contribution in [0.5, 0.6) is 0 Å². The van der Waals surface area contributed by atoms with Crippen molar-refractivity contribution in [2.24, 2.45) is 0 Å². The molecular weight excluding hydrogens is 218 g/mol. The van der Waals surface area contributed by atoms with Crippen molar-refractivity contribution >= 4 is 5.91 Å². The molecule has 0 saturated carbocycles. The third-order valence-electron chi connectivity index (χ3n) is 2.37. The van der Waals surface area contributed by atoms with Gasteiger partial charge in [-0.05, 0) is 19.1 Å². The van der Waals surface area contributed by atoms with Crippen LogP contribution in [-0.4, -0.2) is 37.5 Å². The Labute approximate surface area is 98.7 Å². The molecule has 0 spiro atoms. The van der Waals surface area contributed by atoms with E-state index in [-0.39, 0.29) is 11.7 Å². The summed E-state index contributed by atoms with van der Waals surface area (Å²) in [4.78, 5) is 21.7. The third kappa shape index (κ3) is 2.66. The molecule has 0 atom stereocenters. The largest absolute Gasteiger partial charge is 0.330 e. The van der Waals surface area contributed by atoms with E-state index >= 15 is 0 Å². The van der Waals surface area contributed by atoms with Gasteiger partial charge in [0.15, 0.2) is 0 Å². The van der Waals surface area contributed by atoms with E-state index < -0.39 is 0 Å². The van der Waals surface area contributed by atoms with E-state index in [1.165, 1.54) is 6.33 Å². The van der Waals surface area contributed by atoms with Crippen LogP contribution in [0.2, 0.25) is 0 Å². The van der Waals surface area contributed by atoms with Gasteiger partial charge in [-0.1, -0.05) is 6.07 Å². The van der Waals surface area contributed by atoms with Crippen LogP contribution in [0.25, 0.3) is 0 Å². The summed E-state index contributed by atoms with van der Waals surface area (Å²) in [6.45, 7) is 2.98. The predicted molar refractivity (Wildman–Crippen MR) is 61.0 cm³/mol. The van der Waals surface area contributed by atoms with Crippen LogP contribution in [0.1, 0.15) is 23.2 Å². The molecule has 0 saturated heterocycles. The number of nitrogens with zero attached hydrogens (tertiary/aromatic N) is 4. The zero-order valence-electron chi connectivity index (χ0n) is 9.50. The monoisotopic (exact) mass is 231 g/mol. The quantitative estimate of drug-likeness (QED) is 0.846. The number of rotatable bonds is 4. The Bertz CT molecular complexity index is 468. The number of hydrogen-bond donors (Lipinski definition) is 1. The molecule has 2 rings (SSSR count). The van der Waals surface area contributed by atoms with Gasteiger partial charge in [-0.15, -0.1) is 0 Å². The van der Waals surface area contributed by atoms with E-state index in [9.17, 15) is 4.79 Å². The maximum Gasteiger partial charge on any atom is 0.291 e. The molecule has 1 amide bonds. The summed E-state index contributed by atoms with van der Waals surface area (Å²) in [5.74, 6) is 0.0819. The first-order chi connectivity index (χ1) is 8.31. The number of aromatic nitrogens is 4. The molecule has 1 N–H and O–H groups in total. The number of pyridine rings is 1. The number of carbonyl (C=O) groups excluding carboxylic acids is 1. The van der Waals surface area contributed by atoms with Gasteiger partial charge in [0, 0.05) is 12.7 Å². The molecule has 0 radical (unpaired) electrons. The normalized spacial score (nSPS) is 10.2. The lowest BCUT2D eigenvalue weighted by molar-refractivity contribution is 0.0738. The molecule has 0 aromatic carbocycles. The van der Waals surface area contributed by atoms with Crippen molar-refractivity contribution in [2.75, 3.05) is 6.54 Å². The van der Waals surface area contributed by atoms with Crippen molar-refractivity contribution < 1.29 is 4.79 Å². The number of H-pyrrole nitrogens is 1. The standard InChI is InChI=1S/C11H13N5O/c1-2-16(7-9-5-3-4-6-12-9)11(17)10-13-8-14-15-10/h3-6,8H,2,7H2,1H3,(H,13,14,15). The van der Waals surface area contributed by atoms with E-state index in [0.29, 0.717) is 13.1 Å². The molecule has 0 unspecified atom stereocenters. The molecule has 0 aliphatic carbocycles. The number of nitrogens with one attached hydrogen (secondary N) is 1. The highest BCUT2D eigenvalue weighted by Crippen LogP contribution is 2.04. The van der Waals surface area contributed by atoms with E-state index in [0.717, 1.165) is 5.69 Å². The summed E-state index contributed by atoms with van der Waals surface area (Å²) in [6, 6.07) is 5.63. The lowest BCUT2D eigenvalue weighted by Crippen LogP contribution is -2.31. The first-order valence-electron chi connectivity index (χ1n) is 5.35. The number of hydrogen-bond acceptors (Lipinski definition) is 4. The maximum atomic E-state index is 12.0. The van der Waals surface area contributed by atoms with Crippen LogP contribution in [0, 0.1) is 0 Å². The lowest BCUT2D eigenvalue weighted by atomic mass is 10.3. The average Bonchev–Trinajstić information content (AvgIpc) is 2.90. The third-order valence-corrected chi connectivity index (χ3v) is 2.37. The summed E-state index contributed by atoms with van der Waals surface area (Å²) in [5, 5.41) is 6.23. The molecule has 2 aromatic rings. The minimum absolute atomic E-state index is 0.171. The second-order valence-corrected chi connectivity index (χ2v) is 3.47. The molecule has 17 heavy (non-hydrogen) atoms. The Morgan fingerprint density at radius 3 is 2.88 bits per heavy atom. The molecule has 6 heteroatoms. The van der Waals surface area contributed by atoms with Crippen molar-refractivity contribution in [1.29, 1.82) is 0 Å². The maximum absolute atomic E-state index is 12.0. The summed E-state index contributed by atoms with van der Waals surface area (Å²) >= 11 is 0. The summed E-state index contributed by atoms with van der Waals surface area (Å²) < 4.78 is 0. The minimum Gasteiger partial charge on any atom is -0.330 e. The van der Waals surface area contributed by atoms with Gasteiger partial charge < -0.3 is 4.90 Å². The molecular formula is C11H13N5O. The van der Waals surface area contributed by atoms with Gasteiger partial charge in [0.1, 0.15) is 6.33 Å². The van der Waals surface area contributed by atoms with Gasteiger partial charge in [-0.2, -0.15) is 5.10 Å². The van der Waals surface area contributed by atoms with Crippen LogP contribution in [0.4, 0.5) is 0 Å². The van der Waals surface area contributed by atoms with Crippen LogP contribution in [-0.2, 0) is 6.54 Å². The van der Waals surface area contributed by atoms with Gasteiger partial charge in [-0.3, -0.25) is 14.9 Å². The van der Waals surface area contributed by atoms with Gasteiger partial charge in [0.2, 0.25) is 5.82 Å². The Kier molecular flexibility index (Phi) is 3.44. The van der Waals surface area contributed by atoms with Crippen LogP contribution >= 0.6 is 0 Å². The molecule has 0 bridgehead atoms. The van der Waals surface area contributed by atoms with E-state index in [2.05, 4.69) is 20.2 Å². The fraction of sp³-hybridized carbons (Fsp3) is 0.273. The van der Waals surface area contributed by atoms with Gasteiger partial charge >= 0.3 is 0 Å². The van der Waals surface area contributed by atoms with Crippen LogP contribution in [0.15, 0.2) is 30.7 Å².